The lowest BCUT2D eigenvalue weighted by atomic mass is 10.0. The van der Waals surface area contributed by atoms with Gasteiger partial charge >= 0.3 is 0 Å². The van der Waals surface area contributed by atoms with E-state index in [0.29, 0.717) is 15.6 Å². The van der Waals surface area contributed by atoms with E-state index in [1.807, 2.05) is 30.5 Å². The van der Waals surface area contributed by atoms with E-state index in [9.17, 15) is 4.79 Å². The third-order valence-corrected chi connectivity index (χ3v) is 5.67. The molecule has 2 aromatic rings. The normalized spacial score (nSPS) is 12.5. The average Bonchev–Trinajstić information content (AvgIpc) is 2.56. The fourth-order valence-corrected chi connectivity index (χ4v) is 3.81. The van der Waals surface area contributed by atoms with E-state index in [0.717, 1.165) is 9.79 Å². The first-order valence-corrected chi connectivity index (χ1v) is 9.22. The van der Waals surface area contributed by atoms with Crippen molar-refractivity contribution in [3.8, 4) is 0 Å². The quantitative estimate of drug-likeness (QED) is 0.334. The second-order valence-electron chi connectivity index (χ2n) is 4.40. The lowest BCUT2D eigenvalue weighted by Gasteiger charge is -2.11. The van der Waals surface area contributed by atoms with Crippen molar-refractivity contribution in [1.82, 2.24) is 0 Å². The molecular weight excluding hydrogens is 371 g/mol. The molecule has 2 N–H and O–H groups in total. The number of halogens is 2. The van der Waals surface area contributed by atoms with Gasteiger partial charge in [0.2, 0.25) is 6.29 Å². The molecule has 1 unspecified atom stereocenters. The molecule has 0 saturated carbocycles. The highest BCUT2D eigenvalue weighted by Crippen LogP contribution is 2.40. The number of hydrazone groups is 1. The highest BCUT2D eigenvalue weighted by molar-refractivity contribution is 7.99. The van der Waals surface area contributed by atoms with Crippen LogP contribution in [0.3, 0.4) is 0 Å². The van der Waals surface area contributed by atoms with E-state index in [4.69, 9.17) is 29.0 Å². The summed E-state index contributed by atoms with van der Waals surface area (Å²) in [4.78, 5) is 13.9. The number of carbonyl (C=O) groups excluding carboxylic acids is 1. The Labute approximate surface area is 153 Å². The van der Waals surface area contributed by atoms with Crippen LogP contribution in [0.15, 0.2) is 56.2 Å². The first kappa shape index (κ1) is 18.2. The van der Waals surface area contributed by atoms with Gasteiger partial charge in [-0.1, -0.05) is 35.0 Å². The molecule has 2 radical (unpaired) electrons. The van der Waals surface area contributed by atoms with Gasteiger partial charge in [0.1, 0.15) is 0 Å². The Hall–Kier alpha value is -1.14. The Morgan fingerprint density at radius 3 is 2.17 bits per heavy atom. The molecule has 0 bridgehead atoms. The molecule has 2 aromatic carbocycles. The Morgan fingerprint density at radius 1 is 1.13 bits per heavy atom. The third kappa shape index (κ3) is 4.67. The van der Waals surface area contributed by atoms with Crippen LogP contribution in [0.2, 0.25) is 10.0 Å². The van der Waals surface area contributed by atoms with Crippen LogP contribution in [0.4, 0.5) is 0 Å². The molecule has 0 aliphatic rings. The van der Waals surface area contributed by atoms with Gasteiger partial charge in [-0.05, 0) is 48.2 Å². The molecule has 118 valence electrons. The van der Waals surface area contributed by atoms with Crippen LogP contribution in [0, 0.1) is 0 Å². The summed E-state index contributed by atoms with van der Waals surface area (Å²) in [6.45, 7) is 0. The van der Waals surface area contributed by atoms with Gasteiger partial charge in [-0.2, -0.15) is 5.10 Å². The molecule has 0 aliphatic heterocycles. The van der Waals surface area contributed by atoms with Crippen molar-refractivity contribution in [2.24, 2.45) is 10.9 Å². The molecule has 0 amide bonds. The Morgan fingerprint density at radius 2 is 1.70 bits per heavy atom. The molecular formula is C16H12Cl2N2OS2. The zero-order chi connectivity index (χ0) is 16.8. The van der Waals surface area contributed by atoms with Crippen LogP contribution >= 0.6 is 46.7 Å². The number of nitrogens with two attached hydrogens (primary N) is 1. The molecule has 7 heteroatoms. The maximum atomic E-state index is 11.0. The molecule has 0 fully saturated rings. The zero-order valence-corrected chi connectivity index (χ0v) is 15.2. The van der Waals surface area contributed by atoms with E-state index in [1.165, 1.54) is 16.7 Å². The van der Waals surface area contributed by atoms with E-state index in [-0.39, 0.29) is 0 Å². The summed E-state index contributed by atoms with van der Waals surface area (Å²) in [5, 5.41) is 4.14. The van der Waals surface area contributed by atoms with Gasteiger partial charge in [0, 0.05) is 14.7 Å². The lowest BCUT2D eigenvalue weighted by Crippen LogP contribution is -2.03. The van der Waals surface area contributed by atoms with Crippen molar-refractivity contribution in [2.75, 3.05) is 6.26 Å². The van der Waals surface area contributed by atoms with Crippen molar-refractivity contribution in [2.45, 2.75) is 20.6 Å². The molecule has 23 heavy (non-hydrogen) atoms. The van der Waals surface area contributed by atoms with Crippen molar-refractivity contribution >= 4 is 59.2 Å². The summed E-state index contributed by atoms with van der Waals surface area (Å²) in [5.74, 6) is 4.23. The second-order valence-corrected chi connectivity index (χ2v) is 7.18. The Bertz CT molecular complexity index is 698. The summed E-state index contributed by atoms with van der Waals surface area (Å²) in [7, 11) is 0. The summed E-state index contributed by atoms with van der Waals surface area (Å²) < 4.78 is 0. The Kier molecular flexibility index (Phi) is 6.84. The van der Waals surface area contributed by atoms with E-state index in [1.54, 1.807) is 30.2 Å². The fourth-order valence-electron chi connectivity index (χ4n) is 1.85. The van der Waals surface area contributed by atoms with Crippen molar-refractivity contribution in [3.63, 3.8) is 0 Å². The van der Waals surface area contributed by atoms with Gasteiger partial charge in [0.05, 0.1) is 22.2 Å². The highest BCUT2D eigenvalue weighted by atomic mass is 35.5. The van der Waals surface area contributed by atoms with Gasteiger partial charge < -0.3 is 5.84 Å². The molecule has 2 rings (SSSR count). The zero-order valence-electron chi connectivity index (χ0n) is 12.0. The molecule has 0 aliphatic carbocycles. The monoisotopic (exact) mass is 382 g/mol. The van der Waals surface area contributed by atoms with Crippen molar-refractivity contribution < 1.29 is 4.79 Å². The van der Waals surface area contributed by atoms with Crippen molar-refractivity contribution in [1.29, 1.82) is 0 Å². The summed E-state index contributed by atoms with van der Waals surface area (Å²) in [6, 6.07) is 11.4. The maximum absolute atomic E-state index is 11.0. The molecule has 0 heterocycles. The minimum atomic E-state index is -0.810. The summed E-state index contributed by atoms with van der Waals surface area (Å²) in [6.07, 6.45) is 6.26. The van der Waals surface area contributed by atoms with Crippen LogP contribution in [-0.4, -0.2) is 18.8 Å². The number of nitrogens with zero attached hydrogens (tertiary/aromatic N) is 1. The topological polar surface area (TPSA) is 55.5 Å². The first-order valence-electron chi connectivity index (χ1n) is 6.43. The number of thioether (sulfide) groups is 1. The van der Waals surface area contributed by atoms with Crippen LogP contribution in [0.5, 0.6) is 0 Å². The largest absolute Gasteiger partial charge is 0.323 e. The van der Waals surface area contributed by atoms with Gasteiger partial charge in [0.15, 0.2) is 0 Å². The third-order valence-electron chi connectivity index (χ3n) is 2.95. The number of rotatable bonds is 6. The molecule has 3 nitrogen and oxygen atoms in total. The maximum Gasteiger partial charge on any atom is 0.213 e. The smallest absolute Gasteiger partial charge is 0.213 e. The highest BCUT2D eigenvalue weighted by Gasteiger charge is 2.16. The SMILES string of the molecule is CSc1ccc(Sc2c(Cl)cc(C([C]=O)/[C]=N\N)cc2Cl)cc1. The molecule has 0 spiro atoms. The number of hydrogen-bond donors (Lipinski definition) is 1. The number of benzene rings is 2. The van der Waals surface area contributed by atoms with E-state index in [2.05, 4.69) is 11.3 Å². The number of hydrogen-bond acceptors (Lipinski definition) is 5. The van der Waals surface area contributed by atoms with Gasteiger partial charge in [-0.3, -0.25) is 4.79 Å². The molecule has 0 aromatic heterocycles. The average molecular weight is 383 g/mol. The standard InChI is InChI=1S/C16H12Cl2N2OS2/c1-22-12-2-4-13(5-3-12)23-16-14(17)6-10(7-15(16)18)11(9-21)8-20-19/h2-7,11H,19H2,1H3. The molecule has 1 atom stereocenters. The molecule has 0 saturated heterocycles. The van der Waals surface area contributed by atoms with Gasteiger partial charge in [-0.15, -0.1) is 11.8 Å². The second kappa shape index (κ2) is 8.64. The summed E-state index contributed by atoms with van der Waals surface area (Å²) in [5.41, 5.74) is 0.547. The van der Waals surface area contributed by atoms with Crippen LogP contribution < -0.4 is 5.84 Å². The first-order chi connectivity index (χ1) is 11.1. The minimum absolute atomic E-state index is 0.450. The van der Waals surface area contributed by atoms with Gasteiger partial charge in [-0.25, -0.2) is 0 Å². The predicted molar refractivity (Wildman–Crippen MR) is 98.9 cm³/mol. The van der Waals surface area contributed by atoms with Crippen molar-refractivity contribution in [3.05, 3.63) is 52.0 Å². The fraction of sp³-hybridized carbons (Fsp3) is 0.125. The Balaban J connectivity index is 2.30. The van der Waals surface area contributed by atoms with Crippen LogP contribution in [-0.2, 0) is 4.79 Å². The van der Waals surface area contributed by atoms with Crippen LogP contribution in [0.25, 0.3) is 0 Å². The minimum Gasteiger partial charge on any atom is -0.323 e. The predicted octanol–water partition coefficient (Wildman–Crippen LogP) is 4.88. The van der Waals surface area contributed by atoms with Gasteiger partial charge in [0.25, 0.3) is 0 Å². The summed E-state index contributed by atoms with van der Waals surface area (Å²) >= 11 is 15.8. The van der Waals surface area contributed by atoms with Crippen LogP contribution in [0.1, 0.15) is 11.5 Å². The van der Waals surface area contributed by atoms with E-state index >= 15 is 0 Å². The van der Waals surface area contributed by atoms with E-state index < -0.39 is 5.92 Å². The lowest BCUT2D eigenvalue weighted by molar-refractivity contribution is 0.552.